The van der Waals surface area contributed by atoms with E-state index in [0.717, 1.165) is 0 Å². The molecule has 34 heavy (non-hydrogen) atoms. The number of anilines is 3. The van der Waals surface area contributed by atoms with Crippen LogP contribution in [-0.2, 0) is 11.8 Å². The summed E-state index contributed by atoms with van der Waals surface area (Å²) in [6.45, 7) is 11.4. The Bertz CT molecular complexity index is 1030. The molecule has 3 aromatic carbocycles. The van der Waals surface area contributed by atoms with Crippen molar-refractivity contribution in [2.75, 3.05) is 4.90 Å². The van der Waals surface area contributed by atoms with Crippen LogP contribution in [0.15, 0.2) is 60.7 Å². The van der Waals surface area contributed by atoms with Gasteiger partial charge in [0, 0.05) is 11.1 Å². The van der Waals surface area contributed by atoms with E-state index in [-0.39, 0.29) is 5.41 Å². The van der Waals surface area contributed by atoms with Gasteiger partial charge in [0.05, 0.1) is 11.4 Å². The second-order valence-corrected chi connectivity index (χ2v) is 10.4. The summed E-state index contributed by atoms with van der Waals surface area (Å²) in [6, 6.07) is 23.7. The van der Waals surface area contributed by atoms with Crippen molar-refractivity contribution in [2.45, 2.75) is 97.8 Å². The summed E-state index contributed by atoms with van der Waals surface area (Å²) in [6.07, 6.45) is 11.1. The summed E-state index contributed by atoms with van der Waals surface area (Å²) in [5.41, 5.74) is 11.3. The van der Waals surface area contributed by atoms with Gasteiger partial charge >= 0.3 is 0 Å². The molecule has 0 saturated carbocycles. The summed E-state index contributed by atoms with van der Waals surface area (Å²) < 4.78 is 0. The van der Waals surface area contributed by atoms with Gasteiger partial charge in [0.2, 0.25) is 0 Å². The third-order valence-corrected chi connectivity index (χ3v) is 7.74. The molecule has 4 rings (SSSR count). The highest BCUT2D eigenvalue weighted by Gasteiger charge is 2.42. The van der Waals surface area contributed by atoms with Crippen LogP contribution in [0.4, 0.5) is 17.1 Å². The molecule has 0 spiro atoms. The van der Waals surface area contributed by atoms with Crippen LogP contribution < -0.4 is 4.90 Å². The Hall–Kier alpha value is -2.54. The van der Waals surface area contributed by atoms with Gasteiger partial charge in [-0.05, 0) is 80.5 Å². The van der Waals surface area contributed by atoms with Crippen LogP contribution in [0.1, 0.15) is 100.0 Å². The van der Waals surface area contributed by atoms with Gasteiger partial charge in [-0.2, -0.15) is 0 Å². The van der Waals surface area contributed by atoms with Crippen molar-refractivity contribution in [3.05, 3.63) is 88.5 Å². The van der Waals surface area contributed by atoms with Gasteiger partial charge in [0.25, 0.3) is 0 Å². The Morgan fingerprint density at radius 1 is 0.618 bits per heavy atom. The van der Waals surface area contributed by atoms with E-state index in [4.69, 9.17) is 0 Å². The fraction of sp³-hybridized carbons (Fsp3) is 0.455. The van der Waals surface area contributed by atoms with Crippen LogP contribution >= 0.6 is 0 Å². The van der Waals surface area contributed by atoms with Gasteiger partial charge in [-0.25, -0.2) is 0 Å². The third kappa shape index (κ3) is 4.67. The van der Waals surface area contributed by atoms with Gasteiger partial charge in [-0.15, -0.1) is 0 Å². The number of fused-ring (bicyclic) bond motifs is 2. The number of benzene rings is 3. The Morgan fingerprint density at radius 3 is 1.59 bits per heavy atom. The average molecular weight is 454 g/mol. The average Bonchev–Trinajstić information content (AvgIpc) is 2.85. The maximum absolute atomic E-state index is 2.53. The van der Waals surface area contributed by atoms with E-state index in [1.807, 2.05) is 0 Å². The molecular weight excluding hydrogens is 410 g/mol. The van der Waals surface area contributed by atoms with Gasteiger partial charge in [0.15, 0.2) is 0 Å². The molecule has 0 saturated heterocycles. The minimum absolute atomic E-state index is 0.0896. The number of unbranched alkanes of at least 4 members (excludes halogenated alkanes) is 3. The highest BCUT2D eigenvalue weighted by Crippen LogP contribution is 2.56. The van der Waals surface area contributed by atoms with Crippen LogP contribution in [0.5, 0.6) is 0 Å². The van der Waals surface area contributed by atoms with Gasteiger partial charge in [-0.3, -0.25) is 0 Å². The van der Waals surface area contributed by atoms with Crippen LogP contribution in [0.25, 0.3) is 0 Å². The van der Waals surface area contributed by atoms with Crippen molar-refractivity contribution in [1.82, 2.24) is 0 Å². The van der Waals surface area contributed by atoms with E-state index < -0.39 is 0 Å². The minimum Gasteiger partial charge on any atom is -0.310 e. The first-order valence-corrected chi connectivity index (χ1v) is 13.7. The standard InChI is InChI=1S/C33H43N/c1-6-9-12-27-15-17-28(18-16-27)34-31-19-13-25(4)23-29(31)33(21-10-7-2,22-11-8-3)30-24-26(5)14-20-32(30)34/h13-20,23-24H,6-12,21-22H2,1-5H3. The predicted octanol–water partition coefficient (Wildman–Crippen LogP) is 10.1. The zero-order valence-electron chi connectivity index (χ0n) is 22.1. The molecule has 0 bridgehead atoms. The molecule has 0 aromatic heterocycles. The zero-order chi connectivity index (χ0) is 24.1. The lowest BCUT2D eigenvalue weighted by atomic mass is 9.64. The molecule has 0 atom stereocenters. The quantitative estimate of drug-likeness (QED) is 0.295. The van der Waals surface area contributed by atoms with E-state index in [1.165, 1.54) is 103 Å². The molecule has 1 nitrogen and oxygen atoms in total. The van der Waals surface area contributed by atoms with Crippen molar-refractivity contribution in [2.24, 2.45) is 0 Å². The Morgan fingerprint density at radius 2 is 1.12 bits per heavy atom. The second-order valence-electron chi connectivity index (χ2n) is 10.4. The van der Waals surface area contributed by atoms with Crippen molar-refractivity contribution in [1.29, 1.82) is 0 Å². The molecule has 3 aromatic rings. The van der Waals surface area contributed by atoms with E-state index in [9.17, 15) is 0 Å². The van der Waals surface area contributed by atoms with Crippen LogP contribution in [0, 0.1) is 13.8 Å². The first kappa shape index (κ1) is 24.6. The highest BCUT2D eigenvalue weighted by molar-refractivity contribution is 5.86. The van der Waals surface area contributed by atoms with Crippen molar-refractivity contribution < 1.29 is 0 Å². The Kier molecular flexibility index (Phi) is 7.81. The van der Waals surface area contributed by atoms with E-state index in [0.29, 0.717) is 0 Å². The normalized spacial score (nSPS) is 14.1. The maximum Gasteiger partial charge on any atom is 0.0503 e. The van der Waals surface area contributed by atoms with Gasteiger partial charge in [-0.1, -0.05) is 100 Å². The molecule has 1 heteroatoms. The Labute approximate surface area is 208 Å². The minimum atomic E-state index is 0.0896. The predicted molar refractivity (Wildman–Crippen MR) is 149 cm³/mol. The zero-order valence-corrected chi connectivity index (χ0v) is 22.1. The number of hydrogen-bond acceptors (Lipinski definition) is 1. The topological polar surface area (TPSA) is 3.24 Å². The number of aryl methyl sites for hydroxylation is 3. The second kappa shape index (κ2) is 10.8. The molecule has 1 aliphatic heterocycles. The fourth-order valence-electron chi connectivity index (χ4n) is 5.82. The number of hydrogen-bond donors (Lipinski definition) is 0. The van der Waals surface area contributed by atoms with Gasteiger partial charge in [0.1, 0.15) is 0 Å². The van der Waals surface area contributed by atoms with Crippen LogP contribution in [0.2, 0.25) is 0 Å². The van der Waals surface area contributed by atoms with E-state index >= 15 is 0 Å². The SMILES string of the molecule is CCCCc1ccc(N2c3ccc(C)cc3C(CCCC)(CCCC)c3cc(C)ccc32)cc1. The highest BCUT2D eigenvalue weighted by atomic mass is 15.2. The number of nitrogens with zero attached hydrogens (tertiary/aromatic N) is 1. The molecular formula is C33H43N. The molecule has 1 aliphatic rings. The van der Waals surface area contributed by atoms with Crippen molar-refractivity contribution >= 4 is 17.1 Å². The molecule has 0 radical (unpaired) electrons. The summed E-state index contributed by atoms with van der Waals surface area (Å²) >= 11 is 0. The number of rotatable bonds is 10. The molecule has 0 aliphatic carbocycles. The lowest BCUT2D eigenvalue weighted by Crippen LogP contribution is -2.36. The monoisotopic (exact) mass is 453 g/mol. The van der Waals surface area contributed by atoms with Crippen LogP contribution in [0.3, 0.4) is 0 Å². The third-order valence-electron chi connectivity index (χ3n) is 7.74. The van der Waals surface area contributed by atoms with E-state index in [1.54, 1.807) is 0 Å². The first-order valence-electron chi connectivity index (χ1n) is 13.7. The molecule has 0 amide bonds. The smallest absolute Gasteiger partial charge is 0.0503 e. The molecule has 180 valence electrons. The summed E-state index contributed by atoms with van der Waals surface area (Å²) in [5.74, 6) is 0. The largest absolute Gasteiger partial charge is 0.310 e. The Balaban J connectivity index is 1.93. The lowest BCUT2D eigenvalue weighted by Gasteiger charge is -2.46. The maximum atomic E-state index is 2.53. The fourth-order valence-corrected chi connectivity index (χ4v) is 5.82. The molecule has 0 unspecified atom stereocenters. The van der Waals surface area contributed by atoms with Gasteiger partial charge < -0.3 is 4.90 Å². The lowest BCUT2D eigenvalue weighted by molar-refractivity contribution is 0.403. The summed E-state index contributed by atoms with van der Waals surface area (Å²) in [5, 5.41) is 0. The van der Waals surface area contributed by atoms with E-state index in [2.05, 4.69) is 100 Å². The van der Waals surface area contributed by atoms with Crippen LogP contribution in [-0.4, -0.2) is 0 Å². The first-order chi connectivity index (χ1) is 16.5. The summed E-state index contributed by atoms with van der Waals surface area (Å²) in [7, 11) is 0. The van der Waals surface area contributed by atoms with Crippen molar-refractivity contribution in [3.63, 3.8) is 0 Å². The summed E-state index contributed by atoms with van der Waals surface area (Å²) in [4.78, 5) is 2.53. The van der Waals surface area contributed by atoms with Crippen molar-refractivity contribution in [3.8, 4) is 0 Å². The molecule has 0 N–H and O–H groups in total. The molecule has 1 heterocycles. The molecule has 0 fully saturated rings.